The Kier molecular flexibility index (Phi) is 4.41. The van der Waals surface area contributed by atoms with Crippen LogP contribution in [0.25, 0.3) is 0 Å². The number of hydrogen-bond acceptors (Lipinski definition) is 1. The van der Waals surface area contributed by atoms with Crippen molar-refractivity contribution in [3.8, 4) is 0 Å². The van der Waals surface area contributed by atoms with E-state index < -0.39 is 0 Å². The van der Waals surface area contributed by atoms with E-state index in [9.17, 15) is 0 Å². The summed E-state index contributed by atoms with van der Waals surface area (Å²) in [4.78, 5) is 0. The van der Waals surface area contributed by atoms with Gasteiger partial charge in [0.25, 0.3) is 0 Å². The Balaban J connectivity index is 2.80. The van der Waals surface area contributed by atoms with Gasteiger partial charge in [0.15, 0.2) is 0 Å². The van der Waals surface area contributed by atoms with Gasteiger partial charge in [0.2, 0.25) is 0 Å². The van der Waals surface area contributed by atoms with Gasteiger partial charge in [0.1, 0.15) is 0 Å². The molecule has 0 aliphatic heterocycles. The van der Waals surface area contributed by atoms with E-state index in [-0.39, 0.29) is 0 Å². The van der Waals surface area contributed by atoms with Gasteiger partial charge in [0.05, 0.1) is 0 Å². The van der Waals surface area contributed by atoms with Crippen molar-refractivity contribution in [2.45, 2.75) is 26.3 Å². The second kappa shape index (κ2) is 5.61. The first-order chi connectivity index (χ1) is 6.77. The molecule has 0 amide bonds. The fraction of sp³-hybridized carbons (Fsp3) is 0.385. The topological polar surface area (TPSA) is 12.0 Å². The average molecular weight is 189 g/mol. The predicted molar refractivity (Wildman–Crippen MR) is 62.4 cm³/mol. The maximum absolute atomic E-state index is 3.79. The highest BCUT2D eigenvalue weighted by atomic mass is 14.9. The van der Waals surface area contributed by atoms with Crippen LogP contribution in [0.3, 0.4) is 0 Å². The molecule has 1 aromatic rings. The second-order valence-corrected chi connectivity index (χ2v) is 3.55. The van der Waals surface area contributed by atoms with Crippen LogP contribution in [-0.4, -0.2) is 6.54 Å². The first-order valence-corrected chi connectivity index (χ1v) is 5.18. The maximum atomic E-state index is 3.79. The van der Waals surface area contributed by atoms with Crippen LogP contribution in [0.2, 0.25) is 0 Å². The van der Waals surface area contributed by atoms with Crippen LogP contribution in [0.5, 0.6) is 0 Å². The lowest BCUT2D eigenvalue weighted by Crippen LogP contribution is -2.20. The minimum absolute atomic E-state index is 0.414. The molecule has 1 atom stereocenters. The average Bonchev–Trinajstić information content (AvgIpc) is 2.17. The SMILES string of the molecule is C=CCC(NCC)c1cccc(C)c1. The van der Waals surface area contributed by atoms with Gasteiger partial charge in [0, 0.05) is 6.04 Å². The normalized spacial score (nSPS) is 12.4. The zero-order valence-corrected chi connectivity index (χ0v) is 9.09. The summed E-state index contributed by atoms with van der Waals surface area (Å²) in [6.07, 6.45) is 2.95. The number of aryl methyl sites for hydroxylation is 1. The standard InChI is InChI=1S/C13H19N/c1-4-7-13(14-5-2)12-9-6-8-11(3)10-12/h4,6,8-10,13-14H,1,5,7H2,2-3H3. The van der Waals surface area contributed by atoms with E-state index >= 15 is 0 Å². The van der Waals surface area contributed by atoms with E-state index in [0.717, 1.165) is 13.0 Å². The third-order valence-electron chi connectivity index (χ3n) is 2.30. The summed E-state index contributed by atoms with van der Waals surface area (Å²) in [7, 11) is 0. The van der Waals surface area contributed by atoms with E-state index in [0.29, 0.717) is 6.04 Å². The van der Waals surface area contributed by atoms with Crippen molar-refractivity contribution in [3.63, 3.8) is 0 Å². The van der Waals surface area contributed by atoms with E-state index in [2.05, 4.69) is 50.0 Å². The van der Waals surface area contributed by atoms with E-state index in [1.165, 1.54) is 11.1 Å². The monoisotopic (exact) mass is 189 g/mol. The molecule has 1 aromatic carbocycles. The van der Waals surface area contributed by atoms with Gasteiger partial charge in [-0.15, -0.1) is 6.58 Å². The Morgan fingerprint density at radius 3 is 2.86 bits per heavy atom. The molecule has 0 aliphatic carbocycles. The number of benzene rings is 1. The van der Waals surface area contributed by atoms with Gasteiger partial charge in [-0.1, -0.05) is 42.8 Å². The highest BCUT2D eigenvalue weighted by Crippen LogP contribution is 2.17. The van der Waals surface area contributed by atoms with Crippen molar-refractivity contribution in [3.05, 3.63) is 48.0 Å². The summed E-state index contributed by atoms with van der Waals surface area (Å²) in [5.41, 5.74) is 2.67. The molecule has 0 saturated heterocycles. The van der Waals surface area contributed by atoms with Crippen LogP contribution in [0, 0.1) is 6.92 Å². The summed E-state index contributed by atoms with van der Waals surface area (Å²) in [6, 6.07) is 9.05. The Morgan fingerprint density at radius 2 is 2.29 bits per heavy atom. The minimum atomic E-state index is 0.414. The summed E-state index contributed by atoms with van der Waals surface area (Å²) < 4.78 is 0. The van der Waals surface area contributed by atoms with Gasteiger partial charge in [-0.2, -0.15) is 0 Å². The molecule has 1 nitrogen and oxygen atoms in total. The Labute approximate surface area is 86.8 Å². The summed E-state index contributed by atoms with van der Waals surface area (Å²) in [6.45, 7) is 9.04. The lowest BCUT2D eigenvalue weighted by atomic mass is 10.0. The summed E-state index contributed by atoms with van der Waals surface area (Å²) in [5.74, 6) is 0. The Hall–Kier alpha value is -1.08. The highest BCUT2D eigenvalue weighted by Gasteiger charge is 2.07. The molecule has 1 N–H and O–H groups in total. The Bertz CT molecular complexity index is 291. The van der Waals surface area contributed by atoms with Gasteiger partial charge < -0.3 is 5.32 Å². The molecule has 0 radical (unpaired) electrons. The molecule has 1 heteroatoms. The van der Waals surface area contributed by atoms with E-state index in [1.54, 1.807) is 0 Å². The highest BCUT2D eigenvalue weighted by molar-refractivity contribution is 5.25. The van der Waals surface area contributed by atoms with Gasteiger partial charge in [-0.3, -0.25) is 0 Å². The molecular formula is C13H19N. The molecule has 0 aromatic heterocycles. The van der Waals surface area contributed by atoms with E-state index in [4.69, 9.17) is 0 Å². The van der Waals surface area contributed by atoms with E-state index in [1.807, 2.05) is 6.08 Å². The molecular weight excluding hydrogens is 170 g/mol. The van der Waals surface area contributed by atoms with Crippen molar-refractivity contribution in [1.29, 1.82) is 0 Å². The minimum Gasteiger partial charge on any atom is -0.310 e. The van der Waals surface area contributed by atoms with Crippen LogP contribution in [0.15, 0.2) is 36.9 Å². The second-order valence-electron chi connectivity index (χ2n) is 3.55. The Morgan fingerprint density at radius 1 is 1.50 bits per heavy atom. The lowest BCUT2D eigenvalue weighted by Gasteiger charge is -2.16. The molecule has 0 saturated carbocycles. The van der Waals surface area contributed by atoms with Gasteiger partial charge >= 0.3 is 0 Å². The van der Waals surface area contributed by atoms with Crippen LogP contribution in [-0.2, 0) is 0 Å². The van der Waals surface area contributed by atoms with Gasteiger partial charge in [-0.25, -0.2) is 0 Å². The molecule has 0 aliphatic rings. The molecule has 76 valence electrons. The number of rotatable bonds is 5. The molecule has 1 unspecified atom stereocenters. The third kappa shape index (κ3) is 3.00. The van der Waals surface area contributed by atoms with Crippen LogP contribution < -0.4 is 5.32 Å². The van der Waals surface area contributed by atoms with Crippen molar-refractivity contribution in [2.75, 3.05) is 6.54 Å². The van der Waals surface area contributed by atoms with Crippen LogP contribution >= 0.6 is 0 Å². The fourth-order valence-electron chi connectivity index (χ4n) is 1.64. The van der Waals surface area contributed by atoms with Gasteiger partial charge in [-0.05, 0) is 25.5 Å². The lowest BCUT2D eigenvalue weighted by molar-refractivity contribution is 0.559. The largest absolute Gasteiger partial charge is 0.310 e. The summed E-state index contributed by atoms with van der Waals surface area (Å²) >= 11 is 0. The molecule has 0 heterocycles. The zero-order chi connectivity index (χ0) is 10.4. The maximum Gasteiger partial charge on any atom is 0.0354 e. The number of hydrogen-bond donors (Lipinski definition) is 1. The predicted octanol–water partition coefficient (Wildman–Crippen LogP) is 3.22. The molecule has 0 fully saturated rings. The third-order valence-corrected chi connectivity index (χ3v) is 2.30. The van der Waals surface area contributed by atoms with Crippen LogP contribution in [0.4, 0.5) is 0 Å². The first-order valence-electron chi connectivity index (χ1n) is 5.18. The molecule has 14 heavy (non-hydrogen) atoms. The molecule has 0 bridgehead atoms. The van der Waals surface area contributed by atoms with Crippen molar-refractivity contribution in [2.24, 2.45) is 0 Å². The van der Waals surface area contributed by atoms with Crippen LogP contribution in [0.1, 0.15) is 30.5 Å². The molecule has 0 spiro atoms. The fourth-order valence-corrected chi connectivity index (χ4v) is 1.64. The smallest absolute Gasteiger partial charge is 0.0354 e. The molecule has 1 rings (SSSR count). The zero-order valence-electron chi connectivity index (χ0n) is 9.09. The summed E-state index contributed by atoms with van der Waals surface area (Å²) in [5, 5.41) is 3.46. The quantitative estimate of drug-likeness (QED) is 0.701. The van der Waals surface area contributed by atoms with Crippen molar-refractivity contribution >= 4 is 0 Å². The van der Waals surface area contributed by atoms with Crippen molar-refractivity contribution in [1.82, 2.24) is 5.32 Å². The first kappa shape index (κ1) is 11.0. The van der Waals surface area contributed by atoms with Crippen molar-refractivity contribution < 1.29 is 0 Å². The number of nitrogens with one attached hydrogen (secondary N) is 1.